The molecule has 3 N–H and O–H groups in total. The van der Waals surface area contributed by atoms with Crippen LogP contribution in [0.4, 0.5) is 5.69 Å². The average Bonchev–Trinajstić information content (AvgIpc) is 2.57. The number of carbonyl (C=O) groups excluding carboxylic acids is 2. The first kappa shape index (κ1) is 16.3. The minimum atomic E-state index is -0.717. The molecule has 1 atom stereocenters. The van der Waals surface area contributed by atoms with Crippen molar-refractivity contribution in [3.05, 3.63) is 24.3 Å². The molecule has 0 aromatic heterocycles. The molecule has 1 unspecified atom stereocenters. The average molecular weight is 305 g/mol. The van der Waals surface area contributed by atoms with E-state index in [0.29, 0.717) is 11.4 Å². The van der Waals surface area contributed by atoms with Crippen LogP contribution >= 0.6 is 0 Å². The lowest BCUT2D eigenvalue weighted by atomic mass is 10.1. The van der Waals surface area contributed by atoms with Gasteiger partial charge in [-0.15, -0.1) is 0 Å². The van der Waals surface area contributed by atoms with Gasteiger partial charge in [0.1, 0.15) is 5.75 Å². The highest BCUT2D eigenvalue weighted by atomic mass is 16.5. The number of hydrogen-bond donors (Lipinski definition) is 2. The highest BCUT2D eigenvalue weighted by molar-refractivity contribution is 5.98. The number of carbonyl (C=O) groups is 2. The standard InChI is InChI=1S/C16H23N3O3/c1-3-11(4-2)18-16(21)14-10-19(15(20)9-17)12-7-5-6-8-13(12)22-14/h5-8,11,14H,3-4,9-10,17H2,1-2H3,(H,18,21). The minimum Gasteiger partial charge on any atom is -0.477 e. The Bertz CT molecular complexity index is 543. The largest absolute Gasteiger partial charge is 0.477 e. The fourth-order valence-electron chi connectivity index (χ4n) is 2.50. The van der Waals surface area contributed by atoms with E-state index in [1.165, 1.54) is 4.90 Å². The number of nitrogens with zero attached hydrogens (tertiary/aromatic N) is 1. The molecule has 0 bridgehead atoms. The van der Waals surface area contributed by atoms with Gasteiger partial charge in [0.2, 0.25) is 5.91 Å². The van der Waals surface area contributed by atoms with Crippen LogP contribution in [0.3, 0.4) is 0 Å². The second-order valence-electron chi connectivity index (χ2n) is 5.30. The summed E-state index contributed by atoms with van der Waals surface area (Å²) in [5.41, 5.74) is 6.13. The number of amides is 2. The monoisotopic (exact) mass is 305 g/mol. The molecule has 0 fully saturated rings. The van der Waals surface area contributed by atoms with Crippen LogP contribution in [0.25, 0.3) is 0 Å². The quantitative estimate of drug-likeness (QED) is 0.851. The third-order valence-electron chi connectivity index (χ3n) is 3.87. The summed E-state index contributed by atoms with van der Waals surface area (Å²) in [5.74, 6) is 0.106. The topological polar surface area (TPSA) is 84.7 Å². The normalized spacial score (nSPS) is 16.9. The molecule has 0 aliphatic carbocycles. The van der Waals surface area contributed by atoms with E-state index < -0.39 is 6.10 Å². The van der Waals surface area contributed by atoms with Gasteiger partial charge in [-0.25, -0.2) is 0 Å². The van der Waals surface area contributed by atoms with Gasteiger partial charge in [0, 0.05) is 6.04 Å². The van der Waals surface area contributed by atoms with Crippen LogP contribution in [0.5, 0.6) is 5.75 Å². The summed E-state index contributed by atoms with van der Waals surface area (Å²) in [5, 5.41) is 2.96. The molecule has 6 heteroatoms. The van der Waals surface area contributed by atoms with Gasteiger partial charge < -0.3 is 20.7 Å². The molecule has 22 heavy (non-hydrogen) atoms. The van der Waals surface area contributed by atoms with E-state index in [-0.39, 0.29) is 30.9 Å². The SMILES string of the molecule is CCC(CC)NC(=O)C1CN(C(=O)CN)c2ccccc2O1. The number of benzene rings is 1. The summed E-state index contributed by atoms with van der Waals surface area (Å²) in [6, 6.07) is 7.29. The van der Waals surface area contributed by atoms with Gasteiger partial charge in [-0.1, -0.05) is 26.0 Å². The van der Waals surface area contributed by atoms with Gasteiger partial charge in [0.15, 0.2) is 6.10 Å². The van der Waals surface area contributed by atoms with Crippen LogP contribution in [-0.4, -0.2) is 37.0 Å². The van der Waals surface area contributed by atoms with Gasteiger partial charge in [-0.05, 0) is 25.0 Å². The van der Waals surface area contributed by atoms with Crippen molar-refractivity contribution < 1.29 is 14.3 Å². The van der Waals surface area contributed by atoms with E-state index >= 15 is 0 Å². The van der Waals surface area contributed by atoms with Crippen molar-refractivity contribution in [2.75, 3.05) is 18.0 Å². The zero-order chi connectivity index (χ0) is 16.1. The molecule has 2 rings (SSSR count). The van der Waals surface area contributed by atoms with E-state index in [1.54, 1.807) is 12.1 Å². The summed E-state index contributed by atoms with van der Waals surface area (Å²) >= 11 is 0. The number of anilines is 1. The second-order valence-corrected chi connectivity index (χ2v) is 5.30. The van der Waals surface area contributed by atoms with E-state index in [9.17, 15) is 9.59 Å². The third-order valence-corrected chi connectivity index (χ3v) is 3.87. The lowest BCUT2D eigenvalue weighted by Gasteiger charge is -2.34. The van der Waals surface area contributed by atoms with Gasteiger partial charge >= 0.3 is 0 Å². The second kappa shape index (κ2) is 7.26. The van der Waals surface area contributed by atoms with Crippen molar-refractivity contribution in [3.8, 4) is 5.75 Å². The van der Waals surface area contributed by atoms with Crippen LogP contribution in [0.15, 0.2) is 24.3 Å². The van der Waals surface area contributed by atoms with Crippen LogP contribution in [-0.2, 0) is 9.59 Å². The Morgan fingerprint density at radius 2 is 2.05 bits per heavy atom. The lowest BCUT2D eigenvalue weighted by molar-refractivity contribution is -0.129. The highest BCUT2D eigenvalue weighted by Crippen LogP contribution is 2.33. The Hall–Kier alpha value is -2.08. The summed E-state index contributed by atoms with van der Waals surface area (Å²) in [4.78, 5) is 26.0. The Morgan fingerprint density at radius 1 is 1.36 bits per heavy atom. The van der Waals surface area contributed by atoms with Crippen molar-refractivity contribution in [2.24, 2.45) is 5.73 Å². The molecule has 6 nitrogen and oxygen atoms in total. The summed E-state index contributed by atoms with van der Waals surface area (Å²) in [6.07, 6.45) is 1.000. The molecular weight excluding hydrogens is 282 g/mol. The molecule has 120 valence electrons. The maximum Gasteiger partial charge on any atom is 0.263 e. The van der Waals surface area contributed by atoms with Gasteiger partial charge in [0.05, 0.1) is 18.8 Å². The maximum atomic E-state index is 12.4. The first-order valence-corrected chi connectivity index (χ1v) is 7.67. The number of hydrogen-bond acceptors (Lipinski definition) is 4. The molecule has 1 aliphatic rings. The molecule has 0 saturated heterocycles. The Kier molecular flexibility index (Phi) is 5.38. The first-order valence-electron chi connectivity index (χ1n) is 7.67. The van der Waals surface area contributed by atoms with E-state index in [0.717, 1.165) is 12.8 Å². The molecule has 1 aromatic carbocycles. The van der Waals surface area contributed by atoms with E-state index in [4.69, 9.17) is 10.5 Å². The van der Waals surface area contributed by atoms with Crippen molar-refractivity contribution >= 4 is 17.5 Å². The van der Waals surface area contributed by atoms with E-state index in [1.807, 2.05) is 26.0 Å². The fourth-order valence-corrected chi connectivity index (χ4v) is 2.50. The Morgan fingerprint density at radius 3 is 2.68 bits per heavy atom. The summed E-state index contributed by atoms with van der Waals surface area (Å²) < 4.78 is 5.76. The minimum absolute atomic E-state index is 0.102. The zero-order valence-corrected chi connectivity index (χ0v) is 13.0. The first-order chi connectivity index (χ1) is 10.6. The van der Waals surface area contributed by atoms with Crippen LogP contribution < -0.4 is 20.7 Å². The highest BCUT2D eigenvalue weighted by Gasteiger charge is 2.33. The van der Waals surface area contributed by atoms with Crippen molar-refractivity contribution in [1.29, 1.82) is 0 Å². The van der Waals surface area contributed by atoms with Gasteiger partial charge in [-0.3, -0.25) is 9.59 Å². The number of nitrogens with two attached hydrogens (primary N) is 1. The molecule has 0 spiro atoms. The fraction of sp³-hybridized carbons (Fsp3) is 0.500. The molecule has 1 aromatic rings. The van der Waals surface area contributed by atoms with Crippen LogP contribution in [0.2, 0.25) is 0 Å². The zero-order valence-electron chi connectivity index (χ0n) is 13.0. The smallest absolute Gasteiger partial charge is 0.263 e. The molecule has 0 saturated carbocycles. The molecule has 1 aliphatic heterocycles. The van der Waals surface area contributed by atoms with Crippen molar-refractivity contribution in [1.82, 2.24) is 5.32 Å². The molecule has 2 amide bonds. The number of ether oxygens (including phenoxy) is 1. The lowest BCUT2D eigenvalue weighted by Crippen LogP contribution is -2.53. The van der Waals surface area contributed by atoms with Crippen molar-refractivity contribution in [3.63, 3.8) is 0 Å². The van der Waals surface area contributed by atoms with Crippen LogP contribution in [0.1, 0.15) is 26.7 Å². The molecule has 1 heterocycles. The van der Waals surface area contributed by atoms with E-state index in [2.05, 4.69) is 5.32 Å². The van der Waals surface area contributed by atoms with Crippen molar-refractivity contribution in [2.45, 2.75) is 38.8 Å². The van der Waals surface area contributed by atoms with Gasteiger partial charge in [-0.2, -0.15) is 0 Å². The summed E-state index contributed by atoms with van der Waals surface area (Å²) in [6.45, 7) is 4.12. The molecule has 0 radical (unpaired) electrons. The number of para-hydroxylation sites is 2. The predicted molar refractivity (Wildman–Crippen MR) is 84.8 cm³/mol. The number of fused-ring (bicyclic) bond motifs is 1. The van der Waals surface area contributed by atoms with Gasteiger partial charge in [0.25, 0.3) is 5.91 Å². The van der Waals surface area contributed by atoms with Crippen LogP contribution in [0, 0.1) is 0 Å². The molecular formula is C16H23N3O3. The predicted octanol–water partition coefficient (Wildman–Crippen LogP) is 1.04. The third kappa shape index (κ3) is 3.39. The number of rotatable bonds is 5. The Balaban J connectivity index is 2.19. The summed E-state index contributed by atoms with van der Waals surface area (Å²) in [7, 11) is 0. The number of nitrogens with one attached hydrogen (secondary N) is 1. The Labute approximate surface area is 130 Å². The maximum absolute atomic E-state index is 12.4.